The fraction of sp³-hybridized carbons (Fsp3) is 0.0556. The van der Waals surface area contributed by atoms with Crippen LogP contribution >= 0.6 is 35.3 Å². The van der Waals surface area contributed by atoms with Crippen LogP contribution in [0.1, 0.15) is 5.76 Å². The summed E-state index contributed by atoms with van der Waals surface area (Å²) in [5.41, 5.74) is 0.950. The zero-order valence-corrected chi connectivity index (χ0v) is 15.4. The number of benzene rings is 1. The molecule has 1 aromatic carbocycles. The van der Waals surface area contributed by atoms with E-state index in [1.54, 1.807) is 23.5 Å². The molecule has 4 nitrogen and oxygen atoms in total. The fourth-order valence-electron chi connectivity index (χ4n) is 2.44. The van der Waals surface area contributed by atoms with Crippen LogP contribution in [0.2, 0.25) is 0 Å². The second-order valence-corrected chi connectivity index (χ2v) is 7.98. The summed E-state index contributed by atoms with van der Waals surface area (Å²) in [5, 5.41) is 0.819. The van der Waals surface area contributed by atoms with Crippen molar-refractivity contribution in [2.75, 3.05) is 6.54 Å². The lowest BCUT2D eigenvalue weighted by molar-refractivity contribution is -0.121. The molecule has 3 heterocycles. The standard InChI is InChI=1S/C18H12N2O2S3/c1-2-9-20-17(21)15(25-18(20)23)10-11-7-8-13(22-11)16-19-12-5-3-4-6-14(12)24-16/h2-8,10H,1,9H2. The van der Waals surface area contributed by atoms with Crippen molar-refractivity contribution in [3.63, 3.8) is 0 Å². The van der Waals surface area contributed by atoms with Crippen molar-refractivity contribution in [3.8, 4) is 10.8 Å². The first-order chi connectivity index (χ1) is 12.2. The molecular weight excluding hydrogens is 372 g/mol. The van der Waals surface area contributed by atoms with Crippen LogP contribution in [0.5, 0.6) is 0 Å². The van der Waals surface area contributed by atoms with Gasteiger partial charge in [0.15, 0.2) is 10.8 Å². The Morgan fingerprint density at radius 3 is 2.92 bits per heavy atom. The fourth-order valence-corrected chi connectivity index (χ4v) is 4.62. The lowest BCUT2D eigenvalue weighted by Gasteiger charge is -2.10. The van der Waals surface area contributed by atoms with Crippen LogP contribution in [-0.2, 0) is 4.79 Å². The molecular formula is C18H12N2O2S3. The van der Waals surface area contributed by atoms with Crippen molar-refractivity contribution in [1.29, 1.82) is 0 Å². The number of carbonyl (C=O) groups excluding carboxylic acids is 1. The van der Waals surface area contributed by atoms with Crippen molar-refractivity contribution in [3.05, 3.63) is 59.7 Å². The summed E-state index contributed by atoms with van der Waals surface area (Å²) >= 11 is 8.09. The number of para-hydroxylation sites is 1. The predicted octanol–water partition coefficient (Wildman–Crippen LogP) is 4.94. The first-order valence-electron chi connectivity index (χ1n) is 7.48. The number of rotatable bonds is 4. The lowest BCUT2D eigenvalue weighted by Crippen LogP contribution is -2.27. The van der Waals surface area contributed by atoms with Gasteiger partial charge < -0.3 is 4.42 Å². The smallest absolute Gasteiger partial charge is 0.266 e. The molecule has 1 amide bonds. The van der Waals surface area contributed by atoms with Crippen molar-refractivity contribution in [2.24, 2.45) is 0 Å². The van der Waals surface area contributed by atoms with E-state index in [0.29, 0.717) is 27.3 Å². The van der Waals surface area contributed by atoms with Crippen LogP contribution in [0.3, 0.4) is 0 Å². The number of fused-ring (bicyclic) bond motifs is 1. The number of thiocarbonyl (C=S) groups is 1. The van der Waals surface area contributed by atoms with Crippen LogP contribution < -0.4 is 0 Å². The van der Waals surface area contributed by atoms with E-state index in [4.69, 9.17) is 16.6 Å². The van der Waals surface area contributed by atoms with Crippen molar-refractivity contribution in [2.45, 2.75) is 0 Å². The van der Waals surface area contributed by atoms with Gasteiger partial charge in [0.05, 0.1) is 15.1 Å². The number of thioether (sulfide) groups is 1. The quantitative estimate of drug-likeness (QED) is 0.362. The van der Waals surface area contributed by atoms with E-state index in [2.05, 4.69) is 11.6 Å². The number of carbonyl (C=O) groups is 1. The Balaban J connectivity index is 1.62. The van der Waals surface area contributed by atoms with E-state index < -0.39 is 0 Å². The number of nitrogens with zero attached hydrogens (tertiary/aromatic N) is 2. The van der Waals surface area contributed by atoms with Gasteiger partial charge in [-0.1, -0.05) is 42.2 Å². The largest absolute Gasteiger partial charge is 0.454 e. The highest BCUT2D eigenvalue weighted by Crippen LogP contribution is 2.35. The summed E-state index contributed by atoms with van der Waals surface area (Å²) in [6, 6.07) is 11.7. The molecule has 3 aromatic rings. The molecule has 2 aromatic heterocycles. The Bertz CT molecular complexity index is 999. The average molecular weight is 385 g/mol. The molecule has 1 aliphatic rings. The molecule has 0 N–H and O–H groups in total. The summed E-state index contributed by atoms with van der Waals surface area (Å²) in [5.74, 6) is 1.18. The third-order valence-electron chi connectivity index (χ3n) is 3.59. The Kier molecular flexibility index (Phi) is 4.29. The Morgan fingerprint density at radius 1 is 1.28 bits per heavy atom. The summed E-state index contributed by atoms with van der Waals surface area (Å²) in [6.07, 6.45) is 3.38. The second-order valence-electron chi connectivity index (χ2n) is 5.27. The van der Waals surface area contributed by atoms with Crippen LogP contribution in [0.15, 0.2) is 58.4 Å². The van der Waals surface area contributed by atoms with Gasteiger partial charge in [0.25, 0.3) is 5.91 Å². The molecule has 0 aliphatic carbocycles. The third kappa shape index (κ3) is 3.06. The number of amides is 1. The highest BCUT2D eigenvalue weighted by atomic mass is 32.2. The summed E-state index contributed by atoms with van der Waals surface area (Å²) < 4.78 is 7.51. The molecule has 0 atom stereocenters. The van der Waals surface area contributed by atoms with E-state index >= 15 is 0 Å². The average Bonchev–Trinajstić information content (AvgIpc) is 3.29. The Morgan fingerprint density at radius 2 is 2.12 bits per heavy atom. The summed E-state index contributed by atoms with van der Waals surface area (Å²) in [4.78, 5) is 19.0. The second kappa shape index (κ2) is 6.59. The topological polar surface area (TPSA) is 46.3 Å². The first kappa shape index (κ1) is 16.3. The minimum atomic E-state index is -0.118. The van der Waals surface area contributed by atoms with Gasteiger partial charge in [0, 0.05) is 12.6 Å². The first-order valence-corrected chi connectivity index (χ1v) is 9.52. The maximum absolute atomic E-state index is 12.4. The van der Waals surface area contributed by atoms with E-state index in [-0.39, 0.29) is 5.91 Å². The van der Waals surface area contributed by atoms with Gasteiger partial charge in [-0.25, -0.2) is 4.98 Å². The molecule has 4 rings (SSSR count). The van der Waals surface area contributed by atoms with E-state index in [9.17, 15) is 4.79 Å². The van der Waals surface area contributed by atoms with Gasteiger partial charge in [-0.15, -0.1) is 17.9 Å². The Hall–Kier alpha value is -2.22. The molecule has 1 saturated heterocycles. The van der Waals surface area contributed by atoms with Gasteiger partial charge >= 0.3 is 0 Å². The maximum atomic E-state index is 12.4. The number of hydrogen-bond donors (Lipinski definition) is 0. The molecule has 0 unspecified atom stereocenters. The molecule has 0 spiro atoms. The van der Waals surface area contributed by atoms with Gasteiger partial charge in [-0.2, -0.15) is 0 Å². The van der Waals surface area contributed by atoms with Crippen molar-refractivity contribution >= 4 is 61.8 Å². The molecule has 25 heavy (non-hydrogen) atoms. The van der Waals surface area contributed by atoms with Crippen molar-refractivity contribution in [1.82, 2.24) is 9.88 Å². The molecule has 1 fully saturated rings. The normalized spacial score (nSPS) is 16.3. The van der Waals surface area contributed by atoms with Gasteiger partial charge in [-0.05, 0) is 24.3 Å². The molecule has 1 aliphatic heterocycles. The highest BCUT2D eigenvalue weighted by molar-refractivity contribution is 8.26. The zero-order chi connectivity index (χ0) is 17.4. The monoisotopic (exact) mass is 384 g/mol. The summed E-state index contributed by atoms with van der Waals surface area (Å²) in [7, 11) is 0. The number of aromatic nitrogens is 1. The third-order valence-corrected chi connectivity index (χ3v) is 6.02. The Labute approximate surface area is 157 Å². The molecule has 0 bridgehead atoms. The van der Waals surface area contributed by atoms with Gasteiger partial charge in [0.2, 0.25) is 0 Å². The summed E-state index contributed by atoms with van der Waals surface area (Å²) in [6.45, 7) is 4.06. The van der Waals surface area contributed by atoms with Crippen LogP contribution in [0, 0.1) is 0 Å². The SMILES string of the molecule is C=CCN1C(=O)C(=Cc2ccc(-c3nc4ccccc4s3)o2)SC1=S. The minimum Gasteiger partial charge on any atom is -0.454 e. The van der Waals surface area contributed by atoms with Crippen LogP contribution in [0.4, 0.5) is 0 Å². The van der Waals surface area contributed by atoms with E-state index in [1.807, 2.05) is 36.4 Å². The van der Waals surface area contributed by atoms with Crippen LogP contribution in [0.25, 0.3) is 27.1 Å². The molecule has 0 radical (unpaired) electrons. The van der Waals surface area contributed by atoms with E-state index in [1.165, 1.54) is 16.7 Å². The number of hydrogen-bond acceptors (Lipinski definition) is 6. The van der Waals surface area contributed by atoms with Gasteiger partial charge in [0.1, 0.15) is 10.1 Å². The minimum absolute atomic E-state index is 0.118. The zero-order valence-electron chi connectivity index (χ0n) is 13.0. The van der Waals surface area contributed by atoms with E-state index in [0.717, 1.165) is 15.2 Å². The van der Waals surface area contributed by atoms with Crippen molar-refractivity contribution < 1.29 is 9.21 Å². The number of furan rings is 1. The molecule has 124 valence electrons. The lowest BCUT2D eigenvalue weighted by atomic mass is 10.3. The molecule has 0 saturated carbocycles. The maximum Gasteiger partial charge on any atom is 0.266 e. The molecule has 7 heteroatoms. The highest BCUT2D eigenvalue weighted by Gasteiger charge is 2.31. The van der Waals surface area contributed by atoms with Crippen LogP contribution in [-0.4, -0.2) is 26.7 Å². The number of thiazole rings is 1. The van der Waals surface area contributed by atoms with Gasteiger partial charge in [-0.3, -0.25) is 9.69 Å². The predicted molar refractivity (Wildman–Crippen MR) is 107 cm³/mol.